The minimum atomic E-state index is -0.172. The summed E-state index contributed by atoms with van der Waals surface area (Å²) in [5.41, 5.74) is 1.17. The Morgan fingerprint density at radius 1 is 1.31 bits per heavy atom. The van der Waals surface area contributed by atoms with Crippen LogP contribution in [0.5, 0.6) is 11.5 Å². The predicted octanol–water partition coefficient (Wildman–Crippen LogP) is 3.53. The number of aryl methyl sites for hydroxylation is 1. The molecule has 0 unspecified atom stereocenters. The molecule has 4 rings (SSSR count). The zero-order chi connectivity index (χ0) is 18.1. The number of carbonyl (C=O) groups excluding carboxylic acids is 1. The molecule has 134 valence electrons. The molecule has 1 aromatic carbocycles. The summed E-state index contributed by atoms with van der Waals surface area (Å²) in [5, 5.41) is 11.4. The molecule has 0 aliphatic heterocycles. The van der Waals surface area contributed by atoms with Crippen molar-refractivity contribution in [3.05, 3.63) is 52.0 Å². The van der Waals surface area contributed by atoms with Gasteiger partial charge in [-0.2, -0.15) is 10.2 Å². The number of hydrogen-bond donors (Lipinski definition) is 1. The van der Waals surface area contributed by atoms with Crippen molar-refractivity contribution in [1.29, 1.82) is 0 Å². The first-order valence-corrected chi connectivity index (χ1v) is 9.44. The van der Waals surface area contributed by atoms with Crippen LogP contribution >= 0.6 is 22.6 Å². The van der Waals surface area contributed by atoms with Gasteiger partial charge in [-0.3, -0.25) is 14.2 Å². The molecular formula is C18H18IN5O2. The molecule has 1 fully saturated rings. The lowest BCUT2D eigenvalue weighted by molar-refractivity contribution is -0.116. The number of hydrogen-bond acceptors (Lipinski definition) is 4. The average molecular weight is 463 g/mol. The van der Waals surface area contributed by atoms with Gasteiger partial charge in [-0.1, -0.05) is 0 Å². The number of nitrogens with one attached hydrogen (secondary N) is 1. The molecule has 0 bridgehead atoms. The van der Waals surface area contributed by atoms with E-state index in [1.807, 2.05) is 42.1 Å². The van der Waals surface area contributed by atoms with Crippen molar-refractivity contribution in [2.24, 2.45) is 7.05 Å². The third-order valence-corrected chi connectivity index (χ3v) is 4.86. The second-order valence-electron chi connectivity index (χ2n) is 6.33. The summed E-state index contributed by atoms with van der Waals surface area (Å²) >= 11 is 2.24. The molecule has 3 aromatic rings. The fourth-order valence-electron chi connectivity index (χ4n) is 2.76. The molecule has 1 amide bonds. The summed E-state index contributed by atoms with van der Waals surface area (Å²) in [6.07, 6.45) is 5.69. The summed E-state index contributed by atoms with van der Waals surface area (Å²) in [6.45, 7) is 0.103. The van der Waals surface area contributed by atoms with E-state index in [1.165, 1.54) is 18.5 Å². The van der Waals surface area contributed by atoms with Crippen LogP contribution in [-0.4, -0.2) is 25.5 Å². The summed E-state index contributed by atoms with van der Waals surface area (Å²) in [7, 11) is 1.91. The number of nitrogens with zero attached hydrogens (tertiary/aromatic N) is 4. The van der Waals surface area contributed by atoms with Crippen LogP contribution in [0.3, 0.4) is 0 Å². The van der Waals surface area contributed by atoms with Crippen molar-refractivity contribution in [3.8, 4) is 11.5 Å². The normalized spacial score (nSPS) is 13.6. The van der Waals surface area contributed by atoms with E-state index in [0.29, 0.717) is 17.5 Å². The monoisotopic (exact) mass is 463 g/mol. The highest BCUT2D eigenvalue weighted by molar-refractivity contribution is 14.1. The smallest absolute Gasteiger partial charge is 0.247 e. The molecule has 7 nitrogen and oxygen atoms in total. The highest BCUT2D eigenvalue weighted by Crippen LogP contribution is 2.40. The zero-order valence-corrected chi connectivity index (χ0v) is 16.4. The number of halogens is 1. The summed E-state index contributed by atoms with van der Waals surface area (Å²) in [5.74, 6) is 2.32. The second kappa shape index (κ2) is 7.10. The second-order valence-corrected chi connectivity index (χ2v) is 7.58. The minimum Gasteiger partial charge on any atom is -0.454 e. The molecule has 1 N–H and O–H groups in total. The van der Waals surface area contributed by atoms with E-state index in [4.69, 9.17) is 4.74 Å². The Kier molecular flexibility index (Phi) is 4.66. The van der Waals surface area contributed by atoms with E-state index in [-0.39, 0.29) is 12.5 Å². The van der Waals surface area contributed by atoms with Gasteiger partial charge in [0.25, 0.3) is 0 Å². The van der Waals surface area contributed by atoms with Gasteiger partial charge < -0.3 is 10.1 Å². The van der Waals surface area contributed by atoms with Crippen molar-refractivity contribution >= 4 is 34.3 Å². The number of carbonyl (C=O) groups is 1. The number of anilines is 1. The van der Waals surface area contributed by atoms with Gasteiger partial charge in [-0.25, -0.2) is 0 Å². The number of aromatic nitrogens is 4. The van der Waals surface area contributed by atoms with Crippen LogP contribution in [0, 0.1) is 3.57 Å². The molecular weight excluding hydrogens is 445 g/mol. The lowest BCUT2D eigenvalue weighted by Crippen LogP contribution is -2.19. The first kappa shape index (κ1) is 17.1. The van der Waals surface area contributed by atoms with E-state index in [1.54, 1.807) is 17.1 Å². The van der Waals surface area contributed by atoms with Crippen molar-refractivity contribution < 1.29 is 9.53 Å². The van der Waals surface area contributed by atoms with Crippen molar-refractivity contribution in [3.63, 3.8) is 0 Å². The average Bonchev–Trinajstić information content (AvgIpc) is 3.25. The Morgan fingerprint density at radius 2 is 2.08 bits per heavy atom. The van der Waals surface area contributed by atoms with Gasteiger partial charge in [0.2, 0.25) is 5.91 Å². The summed E-state index contributed by atoms with van der Waals surface area (Å²) in [4.78, 5) is 12.2. The maximum atomic E-state index is 12.2. The lowest BCUT2D eigenvalue weighted by Gasteiger charge is -2.03. The molecule has 0 spiro atoms. The maximum absolute atomic E-state index is 12.2. The first-order valence-electron chi connectivity index (χ1n) is 8.36. The van der Waals surface area contributed by atoms with E-state index in [2.05, 4.69) is 38.1 Å². The topological polar surface area (TPSA) is 74.0 Å². The Balaban J connectivity index is 1.35. The Morgan fingerprint density at radius 3 is 2.81 bits per heavy atom. The molecule has 8 heteroatoms. The minimum absolute atomic E-state index is 0.103. The van der Waals surface area contributed by atoms with Crippen LogP contribution in [0.25, 0.3) is 0 Å². The third kappa shape index (κ3) is 4.06. The fourth-order valence-corrected chi connectivity index (χ4v) is 3.12. The highest BCUT2D eigenvalue weighted by Gasteiger charge is 2.27. The molecule has 1 aliphatic carbocycles. The van der Waals surface area contributed by atoms with E-state index >= 15 is 0 Å². The van der Waals surface area contributed by atoms with E-state index < -0.39 is 0 Å². The fraction of sp³-hybridized carbons (Fsp3) is 0.278. The molecule has 0 atom stereocenters. The van der Waals surface area contributed by atoms with Crippen LogP contribution < -0.4 is 10.1 Å². The summed E-state index contributed by atoms with van der Waals surface area (Å²) < 4.78 is 10.3. The third-order valence-electron chi connectivity index (χ3n) is 4.14. The first-order chi connectivity index (χ1) is 12.6. The van der Waals surface area contributed by atoms with Gasteiger partial charge in [0.15, 0.2) is 11.6 Å². The number of benzene rings is 1. The molecule has 2 aromatic heterocycles. The van der Waals surface area contributed by atoms with Crippen LogP contribution in [0.15, 0.2) is 42.7 Å². The van der Waals surface area contributed by atoms with Crippen molar-refractivity contribution in [1.82, 2.24) is 19.6 Å². The van der Waals surface area contributed by atoms with Crippen molar-refractivity contribution in [2.45, 2.75) is 25.3 Å². The largest absolute Gasteiger partial charge is 0.454 e. The molecule has 0 radical (unpaired) electrons. The number of ether oxygens (including phenoxy) is 1. The lowest BCUT2D eigenvalue weighted by atomic mass is 10.3. The molecule has 1 saturated carbocycles. The Labute approximate surface area is 164 Å². The van der Waals surface area contributed by atoms with Crippen molar-refractivity contribution in [2.75, 3.05) is 5.32 Å². The molecule has 0 saturated heterocycles. The molecule has 26 heavy (non-hydrogen) atoms. The predicted molar refractivity (Wildman–Crippen MR) is 105 cm³/mol. The summed E-state index contributed by atoms with van der Waals surface area (Å²) in [6, 6.07) is 9.67. The van der Waals surface area contributed by atoms with Gasteiger partial charge >= 0.3 is 0 Å². The SMILES string of the molecule is Cn1nc(NC(=O)Cn2cc(Oc3ccc(I)cc3)cn2)cc1C1CC1. The zero-order valence-electron chi connectivity index (χ0n) is 14.2. The Hall–Kier alpha value is -2.36. The maximum Gasteiger partial charge on any atom is 0.247 e. The number of amides is 1. The van der Waals surface area contributed by atoms with Gasteiger partial charge in [-0.15, -0.1) is 0 Å². The van der Waals surface area contributed by atoms with Crippen LogP contribution in [0.1, 0.15) is 24.5 Å². The van der Waals surface area contributed by atoms with Gasteiger partial charge in [0.05, 0.1) is 12.4 Å². The highest BCUT2D eigenvalue weighted by atomic mass is 127. The van der Waals surface area contributed by atoms with Gasteiger partial charge in [0.1, 0.15) is 12.3 Å². The van der Waals surface area contributed by atoms with E-state index in [0.717, 1.165) is 9.32 Å². The van der Waals surface area contributed by atoms with Crippen LogP contribution in [0.4, 0.5) is 5.82 Å². The van der Waals surface area contributed by atoms with Gasteiger partial charge in [0, 0.05) is 28.3 Å². The van der Waals surface area contributed by atoms with Crippen LogP contribution in [-0.2, 0) is 18.4 Å². The quantitative estimate of drug-likeness (QED) is 0.568. The standard InChI is InChI=1S/C18H18IN5O2/c1-23-16(12-2-3-12)8-17(22-23)21-18(25)11-24-10-15(9-20-24)26-14-6-4-13(19)5-7-14/h4-10,12H,2-3,11H2,1H3,(H,21,22,25). The van der Waals surface area contributed by atoms with Gasteiger partial charge in [-0.05, 0) is 59.7 Å². The molecule has 1 aliphatic rings. The Bertz CT molecular complexity index is 927. The number of rotatable bonds is 6. The van der Waals surface area contributed by atoms with E-state index in [9.17, 15) is 4.79 Å². The molecule has 2 heterocycles. The van der Waals surface area contributed by atoms with Crippen LogP contribution in [0.2, 0.25) is 0 Å².